The molecule has 0 bridgehead atoms. The summed E-state index contributed by atoms with van der Waals surface area (Å²) < 4.78 is 467. The highest BCUT2D eigenvalue weighted by Gasteiger charge is 2.91. The van der Waals surface area contributed by atoms with Gasteiger partial charge < -0.3 is 0 Å². The maximum absolute atomic E-state index is 14.5. The van der Waals surface area contributed by atoms with Gasteiger partial charge in [-0.2, -0.15) is 149 Å². The zero-order valence-electron chi connectivity index (χ0n) is 23.8. The van der Waals surface area contributed by atoms with Gasteiger partial charge in [0.25, 0.3) is 6.36 Å². The topological polar surface area (TPSA) is 46.2 Å². The minimum Gasteiger partial charge on any atom is -0.272 e. The average Bonchev–Trinajstić information content (AvgIpc) is 2.87. The Balaban J connectivity index is 7.87. The number of ether oxygens (including phenoxy) is 5. The minimum absolute atomic E-state index is 0.705. The van der Waals surface area contributed by atoms with E-state index in [9.17, 15) is 154 Å². The minimum atomic E-state index is -9.53. The van der Waals surface area contributed by atoms with Crippen LogP contribution in [0.15, 0.2) is 0 Å². The summed E-state index contributed by atoms with van der Waals surface area (Å²) in [6, 6.07) is 0. The molecule has 0 aliphatic heterocycles. The van der Waals surface area contributed by atoms with Crippen LogP contribution >= 0.6 is 0 Å². The van der Waals surface area contributed by atoms with Crippen LogP contribution in [0.2, 0.25) is 0 Å². The summed E-state index contributed by atoms with van der Waals surface area (Å²) in [6.07, 6.45) is -103. The molecule has 0 radical (unpaired) electrons. The predicted molar refractivity (Wildman–Crippen MR) is 91.7 cm³/mol. The molecule has 0 aromatic carbocycles. The molecule has 344 valence electrons. The van der Waals surface area contributed by atoms with Crippen molar-refractivity contribution in [3.8, 4) is 0 Å². The van der Waals surface area contributed by atoms with Gasteiger partial charge in [-0.25, -0.2) is 4.39 Å². The number of hydrogen-bond acceptors (Lipinski definition) is 5. The summed E-state index contributed by atoms with van der Waals surface area (Å²) in [5.41, 5.74) is 0. The van der Waals surface area contributed by atoms with E-state index in [1.165, 1.54) is 4.74 Å². The molecule has 0 saturated carbocycles. The Bertz CT molecular complexity index is 1380. The van der Waals surface area contributed by atoms with E-state index in [1.807, 2.05) is 0 Å². The molecular weight excluding hydrogens is 949 g/mol. The lowest BCUT2D eigenvalue weighted by Crippen LogP contribution is -2.72. The van der Waals surface area contributed by atoms with E-state index in [4.69, 9.17) is 0 Å². The Morgan fingerprint density at radius 2 is 0.439 bits per heavy atom. The molecule has 0 heterocycles. The van der Waals surface area contributed by atoms with Gasteiger partial charge in [0, 0.05) is 0 Å². The van der Waals surface area contributed by atoms with E-state index in [0.29, 0.717) is 9.47 Å². The van der Waals surface area contributed by atoms with E-state index < -0.39 is 103 Å². The zero-order chi connectivity index (χ0) is 47.1. The highest BCUT2D eigenvalue weighted by Crippen LogP contribution is 2.62. The first-order valence-electron chi connectivity index (χ1n) is 11.5. The van der Waals surface area contributed by atoms with Crippen molar-refractivity contribution in [3.05, 3.63) is 0 Å². The highest BCUT2D eigenvalue weighted by molar-refractivity contribution is 5.00. The predicted octanol–water partition coefficient (Wildman–Crippen LogP) is 11.0. The molecular formula is C17HF35O5. The summed E-state index contributed by atoms with van der Waals surface area (Å²) in [5.74, 6) is -45.6. The summed E-state index contributed by atoms with van der Waals surface area (Å²) in [7, 11) is 0. The van der Waals surface area contributed by atoms with Crippen molar-refractivity contribution in [3.63, 3.8) is 0 Å². The van der Waals surface area contributed by atoms with Crippen LogP contribution in [0.25, 0.3) is 0 Å². The van der Waals surface area contributed by atoms with Gasteiger partial charge in [-0.15, -0.1) is 0 Å². The molecule has 0 aromatic rings. The van der Waals surface area contributed by atoms with Crippen molar-refractivity contribution in [1.82, 2.24) is 0 Å². The largest absolute Gasteiger partial charge is 0.462 e. The Morgan fingerprint density at radius 3 is 0.614 bits per heavy atom. The highest BCUT2D eigenvalue weighted by atomic mass is 19.5. The number of alkyl halides is 35. The van der Waals surface area contributed by atoms with Gasteiger partial charge in [-0.1, -0.05) is 0 Å². The Hall–Kier alpha value is -2.65. The summed E-state index contributed by atoms with van der Waals surface area (Å²) >= 11 is 0. The summed E-state index contributed by atoms with van der Waals surface area (Å²) in [4.78, 5) is 0. The second kappa shape index (κ2) is 14.2. The quantitative estimate of drug-likeness (QED) is 0.153. The van der Waals surface area contributed by atoms with Crippen LogP contribution < -0.4 is 0 Å². The van der Waals surface area contributed by atoms with Gasteiger partial charge >= 0.3 is 96.9 Å². The van der Waals surface area contributed by atoms with E-state index in [2.05, 4.69) is 0 Å². The molecule has 5 nitrogen and oxygen atoms in total. The van der Waals surface area contributed by atoms with Crippen LogP contribution in [-0.4, -0.2) is 103 Å². The third-order valence-corrected chi connectivity index (χ3v) is 5.26. The monoisotopic (exact) mass is 950 g/mol. The third kappa shape index (κ3) is 9.40. The van der Waals surface area contributed by atoms with Crippen molar-refractivity contribution >= 4 is 0 Å². The second-order valence-corrected chi connectivity index (χ2v) is 9.41. The fourth-order valence-corrected chi connectivity index (χ4v) is 2.53. The number of hydrogen-bond donors (Lipinski definition) is 0. The Labute approximate surface area is 282 Å². The van der Waals surface area contributed by atoms with Gasteiger partial charge in [0.2, 0.25) is 0 Å². The molecule has 0 amide bonds. The number of halogens is 35. The average molecular weight is 950 g/mol. The molecule has 0 saturated heterocycles. The van der Waals surface area contributed by atoms with Crippen LogP contribution in [-0.2, 0) is 23.7 Å². The fourth-order valence-electron chi connectivity index (χ4n) is 2.53. The van der Waals surface area contributed by atoms with Crippen molar-refractivity contribution in [1.29, 1.82) is 0 Å². The lowest BCUT2D eigenvalue weighted by atomic mass is 10.2. The zero-order valence-corrected chi connectivity index (χ0v) is 23.8. The Kier molecular flexibility index (Phi) is 13.6. The molecule has 0 unspecified atom stereocenters. The van der Waals surface area contributed by atoms with Gasteiger partial charge in [0.05, 0.1) is 0 Å². The fraction of sp³-hybridized carbons (Fsp3) is 1.00. The van der Waals surface area contributed by atoms with Crippen molar-refractivity contribution in [2.45, 2.75) is 103 Å². The first kappa shape index (κ1) is 54.3. The first-order chi connectivity index (χ1) is 24.0. The molecule has 0 spiro atoms. The van der Waals surface area contributed by atoms with Crippen molar-refractivity contribution < 1.29 is 177 Å². The lowest BCUT2D eigenvalue weighted by Gasteiger charge is -2.44. The maximum Gasteiger partial charge on any atom is 0.462 e. The van der Waals surface area contributed by atoms with Crippen LogP contribution in [0.5, 0.6) is 0 Å². The molecule has 0 aliphatic rings. The SMILES string of the molecule is F[C@H](OC(F)(F)[C@](F)(OC(F)(F)[C@](F)(OC(F)(F)[C@@](F)(OC(F)(F)[C@@](F)(OC(F)(F)C(F)(F)C(F)(F)F)C(F)(F)F)C(F)(F)F)C(F)(F)F)C(F)(F)F)C(F)(F)F. The second-order valence-electron chi connectivity index (χ2n) is 9.41. The van der Waals surface area contributed by atoms with Gasteiger partial charge in [-0.05, 0) is 0 Å². The van der Waals surface area contributed by atoms with E-state index in [1.54, 1.807) is 0 Å². The van der Waals surface area contributed by atoms with Crippen LogP contribution in [0.4, 0.5) is 154 Å². The molecule has 0 N–H and O–H groups in total. The molecule has 5 atom stereocenters. The first-order valence-corrected chi connectivity index (χ1v) is 11.5. The van der Waals surface area contributed by atoms with Gasteiger partial charge in [0.1, 0.15) is 0 Å². The summed E-state index contributed by atoms with van der Waals surface area (Å²) in [6.45, 7) is 0. The lowest BCUT2D eigenvalue weighted by molar-refractivity contribution is -0.599. The molecule has 0 fully saturated rings. The van der Waals surface area contributed by atoms with E-state index >= 15 is 0 Å². The maximum atomic E-state index is 14.5. The summed E-state index contributed by atoms with van der Waals surface area (Å²) in [5, 5.41) is 0. The van der Waals surface area contributed by atoms with Crippen LogP contribution in [0.3, 0.4) is 0 Å². The molecule has 0 aromatic heterocycles. The van der Waals surface area contributed by atoms with E-state index in [0.717, 1.165) is 9.47 Å². The number of rotatable bonds is 15. The van der Waals surface area contributed by atoms with Crippen molar-refractivity contribution in [2.24, 2.45) is 0 Å². The normalized spacial score (nSPS) is 20.7. The third-order valence-electron chi connectivity index (χ3n) is 5.26. The van der Waals surface area contributed by atoms with E-state index in [-0.39, 0.29) is 0 Å². The van der Waals surface area contributed by atoms with Crippen LogP contribution in [0, 0.1) is 0 Å². The molecule has 57 heavy (non-hydrogen) atoms. The molecule has 0 rings (SSSR count). The molecule has 0 aliphatic carbocycles. The van der Waals surface area contributed by atoms with Gasteiger partial charge in [-0.3, -0.25) is 23.7 Å². The Morgan fingerprint density at radius 1 is 0.246 bits per heavy atom. The van der Waals surface area contributed by atoms with Crippen molar-refractivity contribution in [2.75, 3.05) is 0 Å². The standard InChI is InChI=1S/C17HF35O5/c18-1(2(19,20)21)53-14(45,46)4(24,9(31,32)33)55-16(49,50)6(26,11(37,38)39)57-17(51,52)7(27,12(40,41)42)56-15(47,48)5(25,10(34,35)36)54-13(43,44)3(22,23)8(28,29)30/h1H/t1-,4-,5+,6-,7+/m1/s1. The molecule has 40 heteroatoms. The van der Waals surface area contributed by atoms with Gasteiger partial charge in [0.15, 0.2) is 0 Å². The smallest absolute Gasteiger partial charge is 0.272 e. The van der Waals surface area contributed by atoms with Crippen LogP contribution in [0.1, 0.15) is 0 Å².